The highest BCUT2D eigenvalue weighted by molar-refractivity contribution is 5.85. The van der Waals surface area contributed by atoms with Gasteiger partial charge in [0.15, 0.2) is 11.6 Å². The van der Waals surface area contributed by atoms with Gasteiger partial charge in [0.2, 0.25) is 0 Å². The second-order valence-electron chi connectivity index (χ2n) is 4.57. The van der Waals surface area contributed by atoms with Gasteiger partial charge in [-0.2, -0.15) is 5.26 Å². The van der Waals surface area contributed by atoms with Crippen LogP contribution in [-0.4, -0.2) is 13.1 Å². The molecule has 18 heavy (non-hydrogen) atoms. The van der Waals surface area contributed by atoms with Gasteiger partial charge in [-0.3, -0.25) is 0 Å². The van der Waals surface area contributed by atoms with Crippen LogP contribution in [0.15, 0.2) is 18.2 Å². The van der Waals surface area contributed by atoms with E-state index in [4.69, 9.17) is 0 Å². The van der Waals surface area contributed by atoms with Crippen molar-refractivity contribution in [1.29, 1.82) is 5.26 Å². The molecular weight excluding hydrogens is 258 g/mol. The third-order valence-electron chi connectivity index (χ3n) is 3.32. The molecule has 5 heteroatoms. The fourth-order valence-electron chi connectivity index (χ4n) is 2.27. The number of nitrogens with zero attached hydrogens (tertiary/aromatic N) is 1. The Kier molecular flexibility index (Phi) is 5.06. The van der Waals surface area contributed by atoms with Crippen LogP contribution in [0.3, 0.4) is 0 Å². The quantitative estimate of drug-likeness (QED) is 0.899. The second-order valence-corrected chi connectivity index (χ2v) is 4.57. The zero-order valence-electron chi connectivity index (χ0n) is 9.88. The lowest BCUT2D eigenvalue weighted by atomic mass is 9.75. The average Bonchev–Trinajstić information content (AvgIpc) is 2.35. The molecule has 0 saturated carbocycles. The van der Waals surface area contributed by atoms with Crippen LogP contribution in [0.1, 0.15) is 18.4 Å². The molecule has 2 nitrogen and oxygen atoms in total. The summed E-state index contributed by atoms with van der Waals surface area (Å²) in [6, 6.07) is 6.21. The first-order valence-electron chi connectivity index (χ1n) is 5.71. The van der Waals surface area contributed by atoms with Gasteiger partial charge in [0.05, 0.1) is 11.5 Å². The standard InChI is InChI=1S/C13H14F2N2.ClH/c14-11-2-1-10(7-12(11)15)8-13(9-16)3-5-17-6-4-13;/h1-2,7,17H,3-6,8H2;1H. The topological polar surface area (TPSA) is 35.8 Å². The first-order valence-corrected chi connectivity index (χ1v) is 5.71. The van der Waals surface area contributed by atoms with Crippen molar-refractivity contribution >= 4 is 12.4 Å². The highest BCUT2D eigenvalue weighted by atomic mass is 35.5. The van der Waals surface area contributed by atoms with E-state index in [0.717, 1.165) is 32.0 Å². The molecule has 1 aliphatic heterocycles. The number of rotatable bonds is 2. The maximum atomic E-state index is 13.1. The van der Waals surface area contributed by atoms with E-state index in [1.54, 1.807) is 6.07 Å². The molecule has 1 N–H and O–H groups in total. The predicted molar refractivity (Wildman–Crippen MR) is 67.5 cm³/mol. The Labute approximate surface area is 111 Å². The summed E-state index contributed by atoms with van der Waals surface area (Å²) >= 11 is 0. The van der Waals surface area contributed by atoms with Gasteiger partial charge >= 0.3 is 0 Å². The molecule has 0 spiro atoms. The van der Waals surface area contributed by atoms with Crippen molar-refractivity contribution < 1.29 is 8.78 Å². The molecule has 98 valence electrons. The van der Waals surface area contributed by atoms with E-state index in [2.05, 4.69) is 11.4 Å². The van der Waals surface area contributed by atoms with Crippen LogP contribution in [0.4, 0.5) is 8.78 Å². The van der Waals surface area contributed by atoms with E-state index >= 15 is 0 Å². The number of nitrogens with one attached hydrogen (secondary N) is 1. The summed E-state index contributed by atoms with van der Waals surface area (Å²) in [4.78, 5) is 0. The van der Waals surface area contributed by atoms with Crippen LogP contribution in [0, 0.1) is 28.4 Å². The molecule has 1 saturated heterocycles. The molecule has 0 amide bonds. The minimum atomic E-state index is -0.843. The highest BCUT2D eigenvalue weighted by Crippen LogP contribution is 2.32. The number of benzene rings is 1. The van der Waals surface area contributed by atoms with Crippen LogP contribution in [0.2, 0.25) is 0 Å². The van der Waals surface area contributed by atoms with Crippen molar-refractivity contribution in [2.45, 2.75) is 19.3 Å². The fraction of sp³-hybridized carbons (Fsp3) is 0.462. The lowest BCUT2D eigenvalue weighted by Gasteiger charge is -2.31. The van der Waals surface area contributed by atoms with Crippen LogP contribution in [-0.2, 0) is 6.42 Å². The molecule has 0 radical (unpaired) electrons. The van der Waals surface area contributed by atoms with E-state index in [0.29, 0.717) is 12.0 Å². The summed E-state index contributed by atoms with van der Waals surface area (Å²) in [5, 5.41) is 12.5. The Bertz CT molecular complexity index is 451. The van der Waals surface area contributed by atoms with E-state index < -0.39 is 17.0 Å². The zero-order valence-corrected chi connectivity index (χ0v) is 10.7. The molecule has 0 aliphatic carbocycles. The average molecular weight is 273 g/mol. The molecule has 0 unspecified atom stereocenters. The minimum absolute atomic E-state index is 0. The van der Waals surface area contributed by atoms with Gasteiger partial charge in [0.1, 0.15) is 0 Å². The van der Waals surface area contributed by atoms with E-state index in [1.807, 2.05) is 0 Å². The molecule has 0 atom stereocenters. The van der Waals surface area contributed by atoms with Gasteiger partial charge in [0.25, 0.3) is 0 Å². The van der Waals surface area contributed by atoms with Gasteiger partial charge in [-0.1, -0.05) is 6.07 Å². The number of piperidine rings is 1. The summed E-state index contributed by atoms with van der Waals surface area (Å²) in [5.74, 6) is -1.69. The Balaban J connectivity index is 0.00000162. The Morgan fingerprint density at radius 2 is 1.89 bits per heavy atom. The van der Waals surface area contributed by atoms with E-state index in [1.165, 1.54) is 6.07 Å². The van der Waals surface area contributed by atoms with Gasteiger partial charge in [-0.25, -0.2) is 8.78 Å². The Hall–Kier alpha value is -1.18. The minimum Gasteiger partial charge on any atom is -0.317 e. The van der Waals surface area contributed by atoms with Crippen LogP contribution in [0.25, 0.3) is 0 Å². The molecule has 1 heterocycles. The second kappa shape index (κ2) is 6.12. The first kappa shape index (κ1) is 14.9. The number of hydrogen-bond donors (Lipinski definition) is 1. The highest BCUT2D eigenvalue weighted by Gasteiger charge is 2.32. The number of halogens is 3. The van der Waals surface area contributed by atoms with Crippen molar-refractivity contribution in [2.24, 2.45) is 5.41 Å². The summed E-state index contributed by atoms with van der Waals surface area (Å²) in [6.07, 6.45) is 1.99. The SMILES string of the molecule is Cl.N#CC1(Cc2ccc(F)c(F)c2)CCNCC1. The van der Waals surface area contributed by atoms with Gasteiger partial charge in [0, 0.05) is 0 Å². The van der Waals surface area contributed by atoms with Crippen molar-refractivity contribution in [3.8, 4) is 6.07 Å². The zero-order chi connectivity index (χ0) is 12.3. The third kappa shape index (κ3) is 3.18. The van der Waals surface area contributed by atoms with Gasteiger partial charge in [-0.05, 0) is 50.0 Å². The van der Waals surface area contributed by atoms with Crippen LogP contribution in [0.5, 0.6) is 0 Å². The van der Waals surface area contributed by atoms with Crippen molar-refractivity contribution in [2.75, 3.05) is 13.1 Å². The summed E-state index contributed by atoms with van der Waals surface area (Å²) in [5.41, 5.74) is 0.252. The lowest BCUT2D eigenvalue weighted by molar-refractivity contribution is 0.280. The lowest BCUT2D eigenvalue weighted by Crippen LogP contribution is -2.37. The molecule has 1 aromatic rings. The predicted octanol–water partition coefficient (Wildman–Crippen LogP) is 2.82. The van der Waals surface area contributed by atoms with E-state index in [-0.39, 0.29) is 12.4 Å². The molecule has 0 bridgehead atoms. The number of nitriles is 1. The fourth-order valence-corrected chi connectivity index (χ4v) is 2.27. The maximum Gasteiger partial charge on any atom is 0.159 e. The largest absolute Gasteiger partial charge is 0.317 e. The molecule has 2 rings (SSSR count). The van der Waals surface area contributed by atoms with Gasteiger partial charge in [-0.15, -0.1) is 12.4 Å². The van der Waals surface area contributed by atoms with Gasteiger partial charge < -0.3 is 5.32 Å². The molecule has 1 fully saturated rings. The van der Waals surface area contributed by atoms with Crippen LogP contribution < -0.4 is 5.32 Å². The summed E-state index contributed by atoms with van der Waals surface area (Å²) < 4.78 is 25.9. The Morgan fingerprint density at radius 3 is 2.44 bits per heavy atom. The first-order chi connectivity index (χ1) is 8.15. The van der Waals surface area contributed by atoms with E-state index in [9.17, 15) is 14.0 Å². The van der Waals surface area contributed by atoms with Crippen LogP contribution >= 0.6 is 12.4 Å². The molecular formula is C13H15ClF2N2. The number of hydrogen-bond acceptors (Lipinski definition) is 2. The molecule has 1 aromatic carbocycles. The Morgan fingerprint density at radius 1 is 1.22 bits per heavy atom. The summed E-state index contributed by atoms with van der Waals surface area (Å²) in [6.45, 7) is 1.61. The normalized spacial score (nSPS) is 17.6. The van der Waals surface area contributed by atoms with Crippen molar-refractivity contribution in [3.63, 3.8) is 0 Å². The summed E-state index contributed by atoms with van der Waals surface area (Å²) in [7, 11) is 0. The molecule has 1 aliphatic rings. The maximum absolute atomic E-state index is 13.1. The molecule has 0 aromatic heterocycles. The van der Waals surface area contributed by atoms with Crippen molar-refractivity contribution in [1.82, 2.24) is 5.32 Å². The van der Waals surface area contributed by atoms with Crippen molar-refractivity contribution in [3.05, 3.63) is 35.4 Å². The third-order valence-corrected chi connectivity index (χ3v) is 3.32. The monoisotopic (exact) mass is 272 g/mol. The smallest absolute Gasteiger partial charge is 0.159 e.